The van der Waals surface area contributed by atoms with E-state index in [9.17, 15) is 4.79 Å². The van der Waals surface area contributed by atoms with E-state index in [2.05, 4.69) is 21.7 Å². The Morgan fingerprint density at radius 1 is 0.846 bits per heavy atom. The fraction of sp³-hybridized carbons (Fsp3) is 0.0476. The molecule has 0 aliphatic heterocycles. The van der Waals surface area contributed by atoms with Crippen molar-refractivity contribution in [2.24, 2.45) is 0 Å². The first-order valence-electron chi connectivity index (χ1n) is 8.28. The van der Waals surface area contributed by atoms with E-state index in [-0.39, 0.29) is 6.03 Å². The highest BCUT2D eigenvalue weighted by atomic mass is 32.1. The van der Waals surface area contributed by atoms with Crippen LogP contribution in [0, 0.1) is 6.92 Å². The zero-order valence-corrected chi connectivity index (χ0v) is 15.0. The number of aromatic nitrogens is 1. The van der Waals surface area contributed by atoms with Gasteiger partial charge in [0.1, 0.15) is 5.01 Å². The van der Waals surface area contributed by atoms with E-state index < -0.39 is 0 Å². The second kappa shape index (κ2) is 6.98. The van der Waals surface area contributed by atoms with Crippen LogP contribution in [-0.4, -0.2) is 11.0 Å². The number of anilines is 2. The third-order valence-electron chi connectivity index (χ3n) is 3.99. The van der Waals surface area contributed by atoms with Crippen molar-refractivity contribution in [3.05, 3.63) is 78.4 Å². The largest absolute Gasteiger partial charge is 0.323 e. The molecule has 0 spiro atoms. The number of rotatable bonds is 3. The lowest BCUT2D eigenvalue weighted by molar-refractivity contribution is 0.262. The molecule has 2 amide bonds. The number of nitrogens with zero attached hydrogens (tertiary/aromatic N) is 1. The monoisotopic (exact) mass is 359 g/mol. The molecule has 4 aromatic rings. The van der Waals surface area contributed by atoms with Gasteiger partial charge in [-0.2, -0.15) is 0 Å². The van der Waals surface area contributed by atoms with Crippen LogP contribution in [0.4, 0.5) is 16.2 Å². The van der Waals surface area contributed by atoms with Gasteiger partial charge in [-0.05, 0) is 55.5 Å². The van der Waals surface area contributed by atoms with Gasteiger partial charge in [-0.3, -0.25) is 0 Å². The molecular formula is C21H17N3OS. The Bertz CT molecular complexity index is 1020. The van der Waals surface area contributed by atoms with Crippen LogP contribution in [0.5, 0.6) is 0 Å². The van der Waals surface area contributed by atoms with Crippen molar-refractivity contribution in [1.29, 1.82) is 0 Å². The van der Waals surface area contributed by atoms with E-state index in [4.69, 9.17) is 0 Å². The molecule has 26 heavy (non-hydrogen) atoms. The smallest absolute Gasteiger partial charge is 0.308 e. The van der Waals surface area contributed by atoms with Gasteiger partial charge >= 0.3 is 6.03 Å². The van der Waals surface area contributed by atoms with Crippen molar-refractivity contribution >= 4 is 39.0 Å². The standard InChI is InChI=1S/C21H17N3OS/c1-14-6-10-16(11-7-14)22-21(25)23-17-12-8-15(9-13-17)20-24-18-4-2-3-5-19(18)26-20/h2-13H,1H3,(H2,22,23,25). The maximum atomic E-state index is 12.1. The summed E-state index contributed by atoms with van der Waals surface area (Å²) in [6.07, 6.45) is 0. The number of nitrogens with one attached hydrogen (secondary N) is 2. The third kappa shape index (κ3) is 3.58. The molecule has 4 nitrogen and oxygen atoms in total. The first-order valence-corrected chi connectivity index (χ1v) is 9.10. The number of aryl methyl sites for hydroxylation is 1. The Balaban J connectivity index is 1.45. The first-order chi connectivity index (χ1) is 12.7. The Morgan fingerprint density at radius 2 is 1.46 bits per heavy atom. The Labute approximate surface area is 155 Å². The number of urea groups is 1. The Kier molecular flexibility index (Phi) is 4.37. The summed E-state index contributed by atoms with van der Waals surface area (Å²) in [6.45, 7) is 2.01. The SMILES string of the molecule is Cc1ccc(NC(=O)Nc2ccc(-c3nc4ccccc4s3)cc2)cc1. The maximum Gasteiger partial charge on any atom is 0.323 e. The molecule has 128 valence electrons. The van der Waals surface area contributed by atoms with Crippen LogP contribution in [-0.2, 0) is 0 Å². The van der Waals surface area contributed by atoms with Gasteiger partial charge in [-0.15, -0.1) is 11.3 Å². The van der Waals surface area contributed by atoms with Gasteiger partial charge in [0.15, 0.2) is 0 Å². The summed E-state index contributed by atoms with van der Waals surface area (Å²) >= 11 is 1.66. The van der Waals surface area contributed by atoms with Crippen LogP contribution in [0.3, 0.4) is 0 Å². The summed E-state index contributed by atoms with van der Waals surface area (Å²) < 4.78 is 1.17. The molecule has 4 rings (SSSR count). The number of benzene rings is 3. The number of hydrogen-bond donors (Lipinski definition) is 2. The van der Waals surface area contributed by atoms with Crippen LogP contribution in [0.25, 0.3) is 20.8 Å². The summed E-state index contributed by atoms with van der Waals surface area (Å²) in [5.41, 5.74) is 4.70. The molecule has 0 saturated carbocycles. The molecule has 0 fully saturated rings. The minimum absolute atomic E-state index is 0.262. The normalized spacial score (nSPS) is 10.7. The number of carbonyl (C=O) groups is 1. The third-order valence-corrected chi connectivity index (χ3v) is 5.08. The average Bonchev–Trinajstić information content (AvgIpc) is 3.08. The van der Waals surface area contributed by atoms with Crippen molar-refractivity contribution < 1.29 is 4.79 Å². The minimum atomic E-state index is -0.262. The molecule has 2 N–H and O–H groups in total. The highest BCUT2D eigenvalue weighted by molar-refractivity contribution is 7.21. The molecular weight excluding hydrogens is 342 g/mol. The number of thiazole rings is 1. The minimum Gasteiger partial charge on any atom is -0.308 e. The summed E-state index contributed by atoms with van der Waals surface area (Å²) in [4.78, 5) is 16.8. The van der Waals surface area contributed by atoms with Crippen LogP contribution in [0.2, 0.25) is 0 Å². The van der Waals surface area contributed by atoms with E-state index >= 15 is 0 Å². The molecule has 1 aromatic heterocycles. The van der Waals surface area contributed by atoms with Gasteiger partial charge in [0, 0.05) is 16.9 Å². The molecule has 0 aliphatic rings. The second-order valence-electron chi connectivity index (χ2n) is 6.01. The highest BCUT2D eigenvalue weighted by Gasteiger charge is 2.07. The molecule has 0 atom stereocenters. The number of carbonyl (C=O) groups excluding carboxylic acids is 1. The number of hydrogen-bond acceptors (Lipinski definition) is 3. The summed E-state index contributed by atoms with van der Waals surface area (Å²) in [6, 6.07) is 23.2. The van der Waals surface area contributed by atoms with Gasteiger partial charge in [-0.1, -0.05) is 29.8 Å². The zero-order chi connectivity index (χ0) is 17.9. The van der Waals surface area contributed by atoms with E-state index in [1.54, 1.807) is 11.3 Å². The molecule has 0 radical (unpaired) electrons. The summed E-state index contributed by atoms with van der Waals surface area (Å²) in [5.74, 6) is 0. The predicted octanol–water partition coefficient (Wildman–Crippen LogP) is 5.92. The van der Waals surface area contributed by atoms with E-state index in [1.807, 2.05) is 73.7 Å². The van der Waals surface area contributed by atoms with Crippen molar-refractivity contribution in [2.75, 3.05) is 10.6 Å². The molecule has 0 saturated heterocycles. The molecule has 1 heterocycles. The van der Waals surface area contributed by atoms with Gasteiger partial charge in [0.2, 0.25) is 0 Å². The second-order valence-corrected chi connectivity index (χ2v) is 7.04. The van der Waals surface area contributed by atoms with Crippen molar-refractivity contribution in [1.82, 2.24) is 4.98 Å². The van der Waals surface area contributed by atoms with Gasteiger partial charge < -0.3 is 10.6 Å². The van der Waals surface area contributed by atoms with E-state index in [0.29, 0.717) is 0 Å². The average molecular weight is 359 g/mol. The summed E-state index contributed by atoms with van der Waals surface area (Å²) in [5, 5.41) is 6.64. The van der Waals surface area contributed by atoms with E-state index in [0.717, 1.165) is 33.0 Å². The number of amides is 2. The molecule has 5 heteroatoms. The number of para-hydroxylation sites is 1. The molecule has 3 aromatic carbocycles. The van der Waals surface area contributed by atoms with Crippen LogP contribution in [0.15, 0.2) is 72.8 Å². The fourth-order valence-corrected chi connectivity index (χ4v) is 3.59. The first kappa shape index (κ1) is 16.3. The fourth-order valence-electron chi connectivity index (χ4n) is 2.62. The van der Waals surface area contributed by atoms with Crippen molar-refractivity contribution in [3.63, 3.8) is 0 Å². The maximum absolute atomic E-state index is 12.1. The van der Waals surface area contributed by atoms with Gasteiger partial charge in [0.25, 0.3) is 0 Å². The zero-order valence-electron chi connectivity index (χ0n) is 14.2. The van der Waals surface area contributed by atoms with Gasteiger partial charge in [-0.25, -0.2) is 9.78 Å². The number of fused-ring (bicyclic) bond motifs is 1. The lowest BCUT2D eigenvalue weighted by Gasteiger charge is -2.08. The quantitative estimate of drug-likeness (QED) is 0.477. The lowest BCUT2D eigenvalue weighted by Crippen LogP contribution is -2.19. The molecule has 0 bridgehead atoms. The van der Waals surface area contributed by atoms with Crippen LogP contribution < -0.4 is 10.6 Å². The topological polar surface area (TPSA) is 54.0 Å². The lowest BCUT2D eigenvalue weighted by atomic mass is 10.2. The van der Waals surface area contributed by atoms with E-state index in [1.165, 1.54) is 4.70 Å². The van der Waals surface area contributed by atoms with Gasteiger partial charge in [0.05, 0.1) is 10.2 Å². The molecule has 0 aliphatic carbocycles. The predicted molar refractivity (Wildman–Crippen MR) is 109 cm³/mol. The van der Waals surface area contributed by atoms with Crippen molar-refractivity contribution in [3.8, 4) is 10.6 Å². The Hall–Kier alpha value is -3.18. The van der Waals surface area contributed by atoms with Crippen molar-refractivity contribution in [2.45, 2.75) is 6.92 Å². The molecule has 0 unspecified atom stereocenters. The Morgan fingerprint density at radius 3 is 2.12 bits per heavy atom. The van der Waals surface area contributed by atoms with Crippen LogP contribution >= 0.6 is 11.3 Å². The van der Waals surface area contributed by atoms with Crippen LogP contribution in [0.1, 0.15) is 5.56 Å². The highest BCUT2D eigenvalue weighted by Crippen LogP contribution is 2.30. The summed E-state index contributed by atoms with van der Waals surface area (Å²) in [7, 11) is 0.